The predicted octanol–water partition coefficient (Wildman–Crippen LogP) is 2.98. The van der Waals surface area contributed by atoms with Crippen LogP contribution in [0.1, 0.15) is 25.3 Å². The van der Waals surface area contributed by atoms with E-state index in [4.69, 9.17) is 21.1 Å². The van der Waals surface area contributed by atoms with Crippen molar-refractivity contribution < 1.29 is 23.9 Å². The molecule has 0 bridgehead atoms. The quantitative estimate of drug-likeness (QED) is 0.333. The fourth-order valence-corrected chi connectivity index (χ4v) is 4.36. The number of halogens is 1. The molecule has 1 aromatic rings. The predicted molar refractivity (Wildman–Crippen MR) is 118 cm³/mol. The molecule has 1 amide bonds. The Hall–Kier alpha value is -2.32. The molecule has 0 saturated heterocycles. The molecule has 0 spiro atoms. The Morgan fingerprint density at radius 1 is 1.37 bits per heavy atom. The van der Waals surface area contributed by atoms with Gasteiger partial charge in [0, 0.05) is 34.7 Å². The number of esters is 2. The first-order chi connectivity index (χ1) is 14.4. The molecule has 2 rings (SSSR count). The molecule has 0 fully saturated rings. The van der Waals surface area contributed by atoms with E-state index in [0.717, 1.165) is 0 Å². The maximum Gasteiger partial charge on any atom is 0.336 e. The van der Waals surface area contributed by atoms with E-state index in [1.54, 1.807) is 32.0 Å². The molecule has 2 atom stereocenters. The average molecular weight is 453 g/mol. The molecular weight excluding hydrogens is 428 g/mol. The highest BCUT2D eigenvalue weighted by molar-refractivity contribution is 7.99. The van der Waals surface area contributed by atoms with E-state index in [0.29, 0.717) is 52.0 Å². The number of nitrogens with zero attached hydrogens (tertiary/aromatic N) is 1. The number of hydrogen-bond acceptors (Lipinski definition) is 7. The Balaban J connectivity index is 2.54. The summed E-state index contributed by atoms with van der Waals surface area (Å²) in [6.45, 7) is 4.17. The van der Waals surface area contributed by atoms with Crippen LogP contribution in [0.5, 0.6) is 0 Å². The molecule has 0 aromatic heterocycles. The number of nitrogens with one attached hydrogen (secondary N) is 1. The molecule has 1 heterocycles. The number of ether oxygens (including phenoxy) is 2. The minimum Gasteiger partial charge on any atom is -0.468 e. The number of aliphatic imine (C=N–C) groups is 1. The minimum absolute atomic E-state index is 0.194. The fourth-order valence-electron chi connectivity index (χ4n) is 3.35. The van der Waals surface area contributed by atoms with Crippen molar-refractivity contribution in [2.24, 2.45) is 10.9 Å². The van der Waals surface area contributed by atoms with Gasteiger partial charge in [-0.2, -0.15) is 11.8 Å². The minimum atomic E-state index is -0.765. The van der Waals surface area contributed by atoms with Crippen molar-refractivity contribution in [3.63, 3.8) is 0 Å². The van der Waals surface area contributed by atoms with Crippen molar-refractivity contribution in [2.75, 3.05) is 31.8 Å². The molecule has 1 aliphatic heterocycles. The van der Waals surface area contributed by atoms with Crippen LogP contribution in [-0.4, -0.2) is 55.8 Å². The number of methoxy groups -OCH3 is 1. The lowest BCUT2D eigenvalue weighted by molar-refractivity contribution is -0.144. The van der Waals surface area contributed by atoms with Crippen LogP contribution in [0, 0.1) is 5.92 Å². The second kappa shape index (κ2) is 11.8. The van der Waals surface area contributed by atoms with Gasteiger partial charge in [-0.25, -0.2) is 4.79 Å². The first-order valence-corrected chi connectivity index (χ1v) is 11.0. The summed E-state index contributed by atoms with van der Waals surface area (Å²) in [7, 11) is 1.31. The van der Waals surface area contributed by atoms with E-state index in [1.165, 1.54) is 18.9 Å². The third kappa shape index (κ3) is 5.86. The van der Waals surface area contributed by atoms with Gasteiger partial charge in [0.15, 0.2) is 0 Å². The topological polar surface area (TPSA) is 94.1 Å². The molecule has 1 N–H and O–H groups in total. The molecule has 1 aliphatic rings. The lowest BCUT2D eigenvalue weighted by Gasteiger charge is -2.32. The number of amides is 1. The smallest absolute Gasteiger partial charge is 0.336 e. The van der Waals surface area contributed by atoms with E-state index in [2.05, 4.69) is 10.3 Å². The first kappa shape index (κ1) is 24.0. The van der Waals surface area contributed by atoms with E-state index in [9.17, 15) is 14.4 Å². The molecule has 9 heteroatoms. The van der Waals surface area contributed by atoms with E-state index < -0.39 is 23.8 Å². The zero-order chi connectivity index (χ0) is 22.1. The van der Waals surface area contributed by atoms with Gasteiger partial charge in [0.1, 0.15) is 5.92 Å². The van der Waals surface area contributed by atoms with Crippen molar-refractivity contribution in [3.05, 3.63) is 46.1 Å². The lowest BCUT2D eigenvalue weighted by atomic mass is 9.75. The highest BCUT2D eigenvalue weighted by Crippen LogP contribution is 2.41. The number of hydrogen-bond donors (Lipinski definition) is 1. The van der Waals surface area contributed by atoms with Crippen LogP contribution in [0.25, 0.3) is 0 Å². The average Bonchev–Trinajstić information content (AvgIpc) is 2.72. The summed E-state index contributed by atoms with van der Waals surface area (Å²) in [4.78, 5) is 40.6. The molecule has 0 radical (unpaired) electrons. The molecule has 162 valence electrons. The van der Waals surface area contributed by atoms with Crippen molar-refractivity contribution in [3.8, 4) is 0 Å². The monoisotopic (exact) mass is 452 g/mol. The van der Waals surface area contributed by atoms with Crippen LogP contribution in [0.2, 0.25) is 5.02 Å². The Bertz CT molecular complexity index is 856. The molecule has 7 nitrogen and oxygen atoms in total. The molecule has 0 saturated carbocycles. The molecule has 0 aliphatic carbocycles. The standard InChI is InChI=1S/C21H25ClN2O5S/c1-4-29-21(27)19-16(11-30-9-8-23-12-25)24-13(2)17(20(26)28-3)18(19)14-6-5-7-15(22)10-14/h5-7,10,12,17-18H,4,8-9,11H2,1-3H3,(H,23,25). The third-order valence-corrected chi connectivity index (χ3v) is 5.79. The summed E-state index contributed by atoms with van der Waals surface area (Å²) in [6, 6.07) is 7.06. The number of carbonyl (C=O) groups excluding carboxylic acids is 3. The maximum atomic E-state index is 13.0. The Morgan fingerprint density at radius 2 is 2.13 bits per heavy atom. The highest BCUT2D eigenvalue weighted by Gasteiger charge is 2.42. The zero-order valence-corrected chi connectivity index (χ0v) is 18.7. The van der Waals surface area contributed by atoms with Gasteiger partial charge in [-0.05, 0) is 31.5 Å². The van der Waals surface area contributed by atoms with Crippen LogP contribution in [-0.2, 0) is 23.9 Å². The molecule has 1 aromatic carbocycles. The largest absolute Gasteiger partial charge is 0.468 e. The summed E-state index contributed by atoms with van der Waals surface area (Å²) in [5.41, 5.74) is 2.14. The zero-order valence-electron chi connectivity index (χ0n) is 17.1. The van der Waals surface area contributed by atoms with Crippen LogP contribution < -0.4 is 5.32 Å². The Kier molecular flexibility index (Phi) is 9.39. The summed E-state index contributed by atoms with van der Waals surface area (Å²) < 4.78 is 10.3. The summed E-state index contributed by atoms with van der Waals surface area (Å²) >= 11 is 7.72. The van der Waals surface area contributed by atoms with Gasteiger partial charge in [-0.3, -0.25) is 14.6 Å². The molecule has 30 heavy (non-hydrogen) atoms. The van der Waals surface area contributed by atoms with Crippen LogP contribution in [0.4, 0.5) is 0 Å². The van der Waals surface area contributed by atoms with E-state index in [1.807, 2.05) is 6.07 Å². The van der Waals surface area contributed by atoms with Crippen LogP contribution in [0.15, 0.2) is 40.5 Å². The van der Waals surface area contributed by atoms with Gasteiger partial charge in [-0.15, -0.1) is 0 Å². The number of carbonyl (C=O) groups is 3. The normalized spacial score (nSPS) is 18.5. The first-order valence-electron chi connectivity index (χ1n) is 9.47. The maximum absolute atomic E-state index is 13.0. The van der Waals surface area contributed by atoms with Crippen molar-refractivity contribution in [2.45, 2.75) is 19.8 Å². The third-order valence-electron chi connectivity index (χ3n) is 4.59. The second-order valence-electron chi connectivity index (χ2n) is 6.49. The number of rotatable bonds is 10. The number of benzene rings is 1. The van der Waals surface area contributed by atoms with Gasteiger partial charge >= 0.3 is 11.9 Å². The van der Waals surface area contributed by atoms with Crippen molar-refractivity contribution in [1.29, 1.82) is 0 Å². The summed E-state index contributed by atoms with van der Waals surface area (Å²) in [5, 5.41) is 3.09. The highest BCUT2D eigenvalue weighted by atomic mass is 35.5. The Labute approximate surface area is 185 Å². The molecular formula is C21H25ClN2O5S. The second-order valence-corrected chi connectivity index (χ2v) is 8.03. The fraction of sp³-hybridized carbons (Fsp3) is 0.429. The van der Waals surface area contributed by atoms with E-state index >= 15 is 0 Å². The van der Waals surface area contributed by atoms with Gasteiger partial charge in [0.25, 0.3) is 0 Å². The van der Waals surface area contributed by atoms with Gasteiger partial charge < -0.3 is 14.8 Å². The summed E-state index contributed by atoms with van der Waals surface area (Å²) in [6.07, 6.45) is 0.642. The van der Waals surface area contributed by atoms with Crippen LogP contribution in [0.3, 0.4) is 0 Å². The van der Waals surface area contributed by atoms with Gasteiger partial charge in [0.2, 0.25) is 6.41 Å². The van der Waals surface area contributed by atoms with E-state index in [-0.39, 0.29) is 6.61 Å². The van der Waals surface area contributed by atoms with Crippen molar-refractivity contribution >= 4 is 47.4 Å². The number of thioether (sulfide) groups is 1. The van der Waals surface area contributed by atoms with Crippen LogP contribution >= 0.6 is 23.4 Å². The lowest BCUT2D eigenvalue weighted by Crippen LogP contribution is -2.36. The summed E-state index contributed by atoms with van der Waals surface area (Å²) in [5.74, 6) is -1.32. The Morgan fingerprint density at radius 3 is 2.77 bits per heavy atom. The van der Waals surface area contributed by atoms with Gasteiger partial charge in [0.05, 0.1) is 25.0 Å². The van der Waals surface area contributed by atoms with Crippen molar-refractivity contribution in [1.82, 2.24) is 5.32 Å². The molecule has 2 unspecified atom stereocenters. The van der Waals surface area contributed by atoms with Gasteiger partial charge in [-0.1, -0.05) is 23.7 Å². The SMILES string of the molecule is CCOC(=O)C1=C(CSCCNC=O)N=C(C)C(C(=O)OC)C1c1cccc(Cl)c1.